The monoisotopic (exact) mass is 274 g/mol. The van der Waals surface area contributed by atoms with Crippen LogP contribution in [0.4, 0.5) is 14.5 Å². The number of nitrogens with zero attached hydrogens (tertiary/aromatic N) is 2. The molecule has 1 aromatic heterocycles. The number of hydrogen-bond donors (Lipinski definition) is 2. The molecule has 1 heterocycles. The predicted octanol–water partition coefficient (Wildman–Crippen LogP) is 2.49. The van der Waals surface area contributed by atoms with E-state index in [9.17, 15) is 13.6 Å². The van der Waals surface area contributed by atoms with Crippen LogP contribution in [0.5, 0.6) is 0 Å². The normalized spacial score (nSPS) is 10.7. The minimum Gasteiger partial charge on any atom is -0.317 e. The van der Waals surface area contributed by atoms with Crippen LogP contribution in [0.15, 0.2) is 36.4 Å². The lowest BCUT2D eigenvalue weighted by atomic mass is 10.2. The van der Waals surface area contributed by atoms with E-state index in [2.05, 4.69) is 20.7 Å². The van der Waals surface area contributed by atoms with Crippen molar-refractivity contribution in [3.05, 3.63) is 53.6 Å². The van der Waals surface area contributed by atoms with Crippen LogP contribution in [0.3, 0.4) is 0 Å². The fourth-order valence-electron chi connectivity index (χ4n) is 1.78. The van der Waals surface area contributed by atoms with E-state index in [4.69, 9.17) is 0 Å². The van der Waals surface area contributed by atoms with Crippen LogP contribution in [0, 0.1) is 11.6 Å². The third-order valence-corrected chi connectivity index (χ3v) is 2.78. The maximum absolute atomic E-state index is 13.4. The molecule has 0 spiro atoms. The lowest BCUT2D eigenvalue weighted by molar-refractivity contribution is 0.102. The van der Waals surface area contributed by atoms with Gasteiger partial charge in [-0.05, 0) is 30.3 Å². The van der Waals surface area contributed by atoms with Gasteiger partial charge in [0.1, 0.15) is 28.4 Å². The summed E-state index contributed by atoms with van der Waals surface area (Å²) in [5, 5.41) is 12.3. The van der Waals surface area contributed by atoms with Crippen molar-refractivity contribution in [2.75, 3.05) is 5.32 Å². The van der Waals surface area contributed by atoms with Crippen LogP contribution in [-0.4, -0.2) is 21.3 Å². The van der Waals surface area contributed by atoms with Crippen molar-refractivity contribution in [2.24, 2.45) is 0 Å². The molecule has 0 bridgehead atoms. The minimum absolute atomic E-state index is 0.231. The van der Waals surface area contributed by atoms with Crippen molar-refractivity contribution in [1.29, 1.82) is 0 Å². The number of fused-ring (bicyclic) bond motifs is 1. The van der Waals surface area contributed by atoms with E-state index in [0.29, 0.717) is 11.0 Å². The first-order valence-corrected chi connectivity index (χ1v) is 5.71. The van der Waals surface area contributed by atoms with Crippen molar-refractivity contribution in [1.82, 2.24) is 15.4 Å². The minimum atomic E-state index is -0.833. The molecule has 0 radical (unpaired) electrons. The molecule has 0 fully saturated rings. The largest absolute Gasteiger partial charge is 0.317 e. The summed E-state index contributed by atoms with van der Waals surface area (Å²) in [7, 11) is 0. The molecule has 5 nitrogen and oxygen atoms in total. The number of anilines is 1. The molecule has 0 saturated carbocycles. The Hall–Kier alpha value is -2.83. The zero-order valence-corrected chi connectivity index (χ0v) is 10.0. The number of H-pyrrole nitrogens is 1. The summed E-state index contributed by atoms with van der Waals surface area (Å²) in [6.07, 6.45) is 0. The van der Waals surface area contributed by atoms with Crippen LogP contribution in [0.1, 0.15) is 10.4 Å². The molecule has 0 aliphatic heterocycles. The molecule has 0 aliphatic rings. The average molecular weight is 274 g/mol. The molecule has 1 amide bonds. The lowest BCUT2D eigenvalue weighted by Gasteiger charge is -2.07. The molecule has 0 atom stereocenters. The number of amides is 1. The van der Waals surface area contributed by atoms with Crippen LogP contribution in [0.2, 0.25) is 0 Å². The number of hydrogen-bond acceptors (Lipinski definition) is 3. The fraction of sp³-hybridized carbons (Fsp3) is 0. The van der Waals surface area contributed by atoms with Crippen molar-refractivity contribution in [3.63, 3.8) is 0 Å². The fourth-order valence-corrected chi connectivity index (χ4v) is 1.78. The Morgan fingerprint density at radius 1 is 1.05 bits per heavy atom. The molecule has 2 N–H and O–H groups in total. The van der Waals surface area contributed by atoms with Crippen LogP contribution in [0.25, 0.3) is 11.0 Å². The first-order valence-electron chi connectivity index (χ1n) is 5.71. The Bertz CT molecular complexity index is 780. The summed E-state index contributed by atoms with van der Waals surface area (Å²) in [6, 6.07) is 7.93. The smallest absolute Gasteiger partial charge is 0.255 e. The topological polar surface area (TPSA) is 70.7 Å². The summed E-state index contributed by atoms with van der Waals surface area (Å²) in [6.45, 7) is 0. The standard InChI is InChI=1S/C13H8F2N4O/c14-8-2-1-3-9(15)12(8)16-13(20)7-4-5-10-11(6-7)18-19-17-10/h1-6H,(H,16,20)(H,17,18,19). The Balaban J connectivity index is 1.92. The maximum atomic E-state index is 13.4. The van der Waals surface area contributed by atoms with Gasteiger partial charge in [0.2, 0.25) is 0 Å². The Labute approximate surface area is 111 Å². The van der Waals surface area contributed by atoms with Crippen LogP contribution >= 0.6 is 0 Å². The molecule has 0 unspecified atom stereocenters. The first kappa shape index (κ1) is 12.2. The molecular weight excluding hydrogens is 266 g/mol. The van der Waals surface area contributed by atoms with E-state index in [-0.39, 0.29) is 5.56 Å². The molecule has 0 saturated heterocycles. The van der Waals surface area contributed by atoms with Gasteiger partial charge in [-0.2, -0.15) is 15.4 Å². The van der Waals surface area contributed by atoms with E-state index in [1.807, 2.05) is 0 Å². The Morgan fingerprint density at radius 3 is 2.50 bits per heavy atom. The highest BCUT2D eigenvalue weighted by Crippen LogP contribution is 2.19. The van der Waals surface area contributed by atoms with Crippen molar-refractivity contribution < 1.29 is 13.6 Å². The summed E-state index contributed by atoms with van der Waals surface area (Å²) in [5.41, 5.74) is 0.845. The number of carbonyl (C=O) groups is 1. The van der Waals surface area contributed by atoms with Gasteiger partial charge in [-0.15, -0.1) is 0 Å². The average Bonchev–Trinajstić information content (AvgIpc) is 2.90. The van der Waals surface area contributed by atoms with Gasteiger partial charge < -0.3 is 5.32 Å². The molecule has 7 heteroatoms. The quantitative estimate of drug-likeness (QED) is 0.754. The van der Waals surface area contributed by atoms with Gasteiger partial charge in [0.25, 0.3) is 5.91 Å². The highest BCUT2D eigenvalue weighted by Gasteiger charge is 2.14. The molecule has 3 rings (SSSR count). The summed E-state index contributed by atoms with van der Waals surface area (Å²) < 4.78 is 26.9. The van der Waals surface area contributed by atoms with E-state index in [0.717, 1.165) is 12.1 Å². The molecule has 3 aromatic rings. The van der Waals surface area contributed by atoms with Gasteiger partial charge in [0, 0.05) is 5.56 Å². The SMILES string of the molecule is O=C(Nc1c(F)cccc1F)c1ccc2n[nH]nc2c1. The number of aromatic nitrogens is 3. The van der Waals surface area contributed by atoms with E-state index in [1.54, 1.807) is 6.07 Å². The first-order chi connectivity index (χ1) is 9.65. The number of halogens is 2. The Kier molecular flexibility index (Phi) is 2.86. The van der Waals surface area contributed by atoms with E-state index >= 15 is 0 Å². The molecule has 2 aromatic carbocycles. The van der Waals surface area contributed by atoms with Crippen molar-refractivity contribution >= 4 is 22.6 Å². The number of para-hydroxylation sites is 1. The van der Waals surface area contributed by atoms with Crippen molar-refractivity contribution in [2.45, 2.75) is 0 Å². The number of carbonyl (C=O) groups excluding carboxylic acids is 1. The van der Waals surface area contributed by atoms with E-state index in [1.165, 1.54) is 18.2 Å². The van der Waals surface area contributed by atoms with Gasteiger partial charge in [-0.1, -0.05) is 6.07 Å². The summed E-state index contributed by atoms with van der Waals surface area (Å²) in [4.78, 5) is 12.0. The maximum Gasteiger partial charge on any atom is 0.255 e. The van der Waals surface area contributed by atoms with Crippen molar-refractivity contribution in [3.8, 4) is 0 Å². The predicted molar refractivity (Wildman–Crippen MR) is 68.2 cm³/mol. The number of benzene rings is 2. The highest BCUT2D eigenvalue weighted by molar-refractivity contribution is 6.05. The summed E-state index contributed by atoms with van der Waals surface area (Å²) in [5.74, 6) is -2.29. The van der Waals surface area contributed by atoms with Crippen LogP contribution in [-0.2, 0) is 0 Å². The number of aromatic amines is 1. The number of rotatable bonds is 2. The van der Waals surface area contributed by atoms with E-state index < -0.39 is 23.2 Å². The van der Waals surface area contributed by atoms with Gasteiger partial charge in [0.15, 0.2) is 0 Å². The third-order valence-electron chi connectivity index (χ3n) is 2.78. The summed E-state index contributed by atoms with van der Waals surface area (Å²) >= 11 is 0. The zero-order valence-electron chi connectivity index (χ0n) is 10.0. The second-order valence-electron chi connectivity index (χ2n) is 4.08. The number of nitrogens with one attached hydrogen (secondary N) is 2. The van der Waals surface area contributed by atoms with Gasteiger partial charge >= 0.3 is 0 Å². The molecular formula is C13H8F2N4O. The second-order valence-corrected chi connectivity index (χ2v) is 4.08. The third kappa shape index (κ3) is 2.09. The van der Waals surface area contributed by atoms with Crippen LogP contribution < -0.4 is 5.32 Å². The lowest BCUT2D eigenvalue weighted by Crippen LogP contribution is -2.14. The van der Waals surface area contributed by atoms with Gasteiger partial charge in [-0.25, -0.2) is 8.78 Å². The highest BCUT2D eigenvalue weighted by atomic mass is 19.1. The molecule has 100 valence electrons. The Morgan fingerprint density at radius 2 is 1.75 bits per heavy atom. The molecule has 0 aliphatic carbocycles. The zero-order chi connectivity index (χ0) is 14.1. The van der Waals surface area contributed by atoms with Gasteiger partial charge in [-0.3, -0.25) is 4.79 Å². The second kappa shape index (κ2) is 4.69. The van der Waals surface area contributed by atoms with Gasteiger partial charge in [0.05, 0.1) is 0 Å². The molecule has 20 heavy (non-hydrogen) atoms.